The number of pyridine rings is 1. The Kier molecular flexibility index (Phi) is 6.39. The van der Waals surface area contributed by atoms with Crippen LogP contribution in [0.4, 0.5) is 0 Å². The monoisotopic (exact) mass is 391 g/mol. The van der Waals surface area contributed by atoms with Crippen LogP contribution in [0.25, 0.3) is 0 Å². The van der Waals surface area contributed by atoms with Crippen LogP contribution in [0, 0.1) is 0 Å². The number of piperidine rings is 1. The first-order chi connectivity index (χ1) is 13.5. The molecule has 1 unspecified atom stereocenters. The van der Waals surface area contributed by atoms with E-state index in [1.54, 1.807) is 9.47 Å². The number of carbonyl (C=O) groups excluding carboxylic acids is 2. The summed E-state index contributed by atoms with van der Waals surface area (Å²) in [7, 11) is 2.80. The highest BCUT2D eigenvalue weighted by Crippen LogP contribution is 2.28. The van der Waals surface area contributed by atoms with Crippen molar-refractivity contribution < 1.29 is 19.1 Å². The lowest BCUT2D eigenvalue weighted by molar-refractivity contribution is -0.147. The lowest BCUT2D eigenvalue weighted by atomic mass is 9.99. The van der Waals surface area contributed by atoms with Crippen LogP contribution in [0.1, 0.15) is 42.2 Å². The number of fused-ring (bicyclic) bond motifs is 1. The highest BCUT2D eigenvalue weighted by atomic mass is 16.5. The van der Waals surface area contributed by atoms with Crippen LogP contribution in [0.2, 0.25) is 0 Å². The van der Waals surface area contributed by atoms with E-state index >= 15 is 0 Å². The second kappa shape index (κ2) is 8.77. The van der Waals surface area contributed by atoms with E-state index in [-0.39, 0.29) is 17.2 Å². The minimum Gasteiger partial charge on any atom is -0.496 e. The standard InChI is InChI=1S/C20H29N3O5/c1-4-21-10-8-14-18(16(27-2)13-17(24)22(14)12-11-21)19(25)23-9-6-5-7-15(23)20(26)28-3/h13,15H,4-12H2,1-3H3. The molecular formula is C20H29N3O5. The zero-order chi connectivity index (χ0) is 20.3. The number of hydrogen-bond donors (Lipinski definition) is 0. The summed E-state index contributed by atoms with van der Waals surface area (Å²) in [4.78, 5) is 42.3. The highest BCUT2D eigenvalue weighted by molar-refractivity contribution is 6.00. The lowest BCUT2D eigenvalue weighted by Gasteiger charge is -2.34. The van der Waals surface area contributed by atoms with E-state index in [4.69, 9.17) is 9.47 Å². The van der Waals surface area contributed by atoms with Gasteiger partial charge in [0.05, 0.1) is 14.2 Å². The summed E-state index contributed by atoms with van der Waals surface area (Å²) >= 11 is 0. The first-order valence-corrected chi connectivity index (χ1v) is 9.93. The maximum absolute atomic E-state index is 13.6. The molecule has 1 fully saturated rings. The van der Waals surface area contributed by atoms with Crippen molar-refractivity contribution in [2.75, 3.05) is 40.4 Å². The summed E-state index contributed by atoms with van der Waals surface area (Å²) in [5.74, 6) is -0.385. The number of likely N-dealkylation sites (tertiary alicyclic amines) is 1. The number of rotatable bonds is 4. The number of hydrogen-bond acceptors (Lipinski definition) is 6. The maximum Gasteiger partial charge on any atom is 0.328 e. The summed E-state index contributed by atoms with van der Waals surface area (Å²) in [6.45, 7) is 5.52. The van der Waals surface area contributed by atoms with Gasteiger partial charge in [0, 0.05) is 44.4 Å². The van der Waals surface area contributed by atoms with Gasteiger partial charge in [-0.05, 0) is 25.8 Å². The highest BCUT2D eigenvalue weighted by Gasteiger charge is 2.36. The molecule has 1 atom stereocenters. The number of aromatic nitrogens is 1. The molecule has 0 bridgehead atoms. The number of amides is 1. The van der Waals surface area contributed by atoms with Crippen LogP contribution in [0.15, 0.2) is 10.9 Å². The average Bonchev–Trinajstić information content (AvgIpc) is 2.95. The number of ether oxygens (including phenoxy) is 2. The largest absolute Gasteiger partial charge is 0.496 e. The molecule has 0 saturated carbocycles. The molecule has 1 aromatic heterocycles. The van der Waals surface area contributed by atoms with Crippen LogP contribution in [0.3, 0.4) is 0 Å². The Hall–Kier alpha value is -2.35. The third kappa shape index (κ3) is 3.78. The molecular weight excluding hydrogens is 362 g/mol. The van der Waals surface area contributed by atoms with Gasteiger partial charge in [-0.25, -0.2) is 4.79 Å². The molecule has 154 valence electrons. The van der Waals surface area contributed by atoms with E-state index in [0.29, 0.717) is 37.2 Å². The Bertz CT molecular complexity index is 804. The Morgan fingerprint density at radius 1 is 1.14 bits per heavy atom. The first-order valence-electron chi connectivity index (χ1n) is 9.93. The van der Waals surface area contributed by atoms with Crippen molar-refractivity contribution in [2.24, 2.45) is 0 Å². The van der Waals surface area contributed by atoms with Crippen molar-refractivity contribution in [3.8, 4) is 5.75 Å². The van der Waals surface area contributed by atoms with Crippen LogP contribution < -0.4 is 10.3 Å². The van der Waals surface area contributed by atoms with Crippen LogP contribution in [0.5, 0.6) is 5.75 Å². The van der Waals surface area contributed by atoms with Gasteiger partial charge in [-0.1, -0.05) is 6.92 Å². The molecule has 3 heterocycles. The van der Waals surface area contributed by atoms with Crippen molar-refractivity contribution in [2.45, 2.75) is 45.2 Å². The second-order valence-electron chi connectivity index (χ2n) is 7.24. The van der Waals surface area contributed by atoms with Gasteiger partial charge in [-0.2, -0.15) is 0 Å². The minimum absolute atomic E-state index is 0.162. The van der Waals surface area contributed by atoms with E-state index in [1.807, 2.05) is 0 Å². The van der Waals surface area contributed by atoms with Crippen LogP contribution >= 0.6 is 0 Å². The molecule has 28 heavy (non-hydrogen) atoms. The summed E-state index contributed by atoms with van der Waals surface area (Å²) in [6, 6.07) is 0.788. The van der Waals surface area contributed by atoms with Crippen molar-refractivity contribution >= 4 is 11.9 Å². The molecule has 0 N–H and O–H groups in total. The summed E-state index contributed by atoms with van der Waals surface area (Å²) in [6.07, 6.45) is 2.87. The SMILES string of the molecule is CCN1CCc2c(C(=O)N3CCCCC3C(=O)OC)c(OC)cc(=O)n2CC1. The molecule has 2 aliphatic heterocycles. The Labute approximate surface area is 165 Å². The van der Waals surface area contributed by atoms with Gasteiger partial charge in [0.1, 0.15) is 17.4 Å². The first kappa shape index (κ1) is 20.4. The van der Waals surface area contributed by atoms with Crippen molar-refractivity contribution in [3.63, 3.8) is 0 Å². The summed E-state index contributed by atoms with van der Waals surface area (Å²) in [5, 5.41) is 0. The summed E-state index contributed by atoms with van der Waals surface area (Å²) < 4.78 is 12.0. The molecule has 0 radical (unpaired) electrons. The van der Waals surface area contributed by atoms with E-state index in [1.165, 1.54) is 20.3 Å². The van der Waals surface area contributed by atoms with Gasteiger partial charge >= 0.3 is 5.97 Å². The molecule has 1 amide bonds. The third-order valence-electron chi connectivity index (χ3n) is 5.80. The molecule has 1 aromatic rings. The average molecular weight is 391 g/mol. The lowest BCUT2D eigenvalue weighted by Crippen LogP contribution is -2.49. The molecule has 8 heteroatoms. The number of carbonyl (C=O) groups is 2. The molecule has 2 aliphatic rings. The minimum atomic E-state index is -0.596. The van der Waals surface area contributed by atoms with Crippen LogP contribution in [-0.4, -0.2) is 72.7 Å². The Balaban J connectivity index is 2.06. The second-order valence-corrected chi connectivity index (χ2v) is 7.24. The number of esters is 1. The number of methoxy groups -OCH3 is 2. The van der Waals surface area contributed by atoms with Crippen LogP contribution in [-0.2, 0) is 22.5 Å². The van der Waals surface area contributed by atoms with Gasteiger partial charge < -0.3 is 23.8 Å². The quantitative estimate of drug-likeness (QED) is 0.710. The third-order valence-corrected chi connectivity index (χ3v) is 5.80. The maximum atomic E-state index is 13.6. The normalized spacial score (nSPS) is 20.2. The fourth-order valence-corrected chi connectivity index (χ4v) is 4.20. The van der Waals surface area contributed by atoms with Crippen molar-refractivity contribution in [1.29, 1.82) is 0 Å². The smallest absolute Gasteiger partial charge is 0.328 e. The van der Waals surface area contributed by atoms with Gasteiger partial charge in [0.15, 0.2) is 0 Å². The van der Waals surface area contributed by atoms with E-state index in [2.05, 4.69) is 11.8 Å². The van der Waals surface area contributed by atoms with E-state index in [0.717, 1.165) is 32.5 Å². The fourth-order valence-electron chi connectivity index (χ4n) is 4.20. The topological polar surface area (TPSA) is 81.1 Å². The predicted octanol–water partition coefficient (Wildman–Crippen LogP) is 0.903. The molecule has 0 spiro atoms. The Morgan fingerprint density at radius 3 is 2.61 bits per heavy atom. The molecule has 0 aliphatic carbocycles. The fraction of sp³-hybridized carbons (Fsp3) is 0.650. The van der Waals surface area contributed by atoms with Gasteiger partial charge in [-0.3, -0.25) is 9.59 Å². The molecule has 8 nitrogen and oxygen atoms in total. The summed E-state index contributed by atoms with van der Waals surface area (Å²) in [5.41, 5.74) is 0.930. The zero-order valence-electron chi connectivity index (χ0n) is 16.9. The predicted molar refractivity (Wildman–Crippen MR) is 104 cm³/mol. The van der Waals surface area contributed by atoms with Crippen molar-refractivity contribution in [3.05, 3.63) is 27.7 Å². The van der Waals surface area contributed by atoms with Gasteiger partial charge in [-0.15, -0.1) is 0 Å². The van der Waals surface area contributed by atoms with E-state index < -0.39 is 12.0 Å². The number of likely N-dealkylation sites (N-methyl/N-ethyl adjacent to an activating group) is 1. The van der Waals surface area contributed by atoms with E-state index in [9.17, 15) is 14.4 Å². The van der Waals surface area contributed by atoms with Crippen molar-refractivity contribution in [1.82, 2.24) is 14.4 Å². The number of nitrogens with zero attached hydrogens (tertiary/aromatic N) is 3. The Morgan fingerprint density at radius 2 is 1.93 bits per heavy atom. The van der Waals surface area contributed by atoms with Gasteiger partial charge in [0.25, 0.3) is 11.5 Å². The molecule has 0 aromatic carbocycles. The zero-order valence-corrected chi connectivity index (χ0v) is 16.9. The molecule has 1 saturated heterocycles. The van der Waals surface area contributed by atoms with Gasteiger partial charge in [0.2, 0.25) is 0 Å². The molecule has 3 rings (SSSR count).